The Labute approximate surface area is 116 Å². The van der Waals surface area contributed by atoms with Crippen molar-refractivity contribution in [3.63, 3.8) is 0 Å². The third-order valence-corrected chi connectivity index (χ3v) is 4.79. The van der Waals surface area contributed by atoms with Gasteiger partial charge >= 0.3 is 0 Å². The molecule has 1 aromatic rings. The van der Waals surface area contributed by atoms with Crippen molar-refractivity contribution in [2.24, 2.45) is 5.73 Å². The fraction of sp³-hybridized carbons (Fsp3) is 0.571. The highest BCUT2D eigenvalue weighted by Gasteiger charge is 2.22. The van der Waals surface area contributed by atoms with Gasteiger partial charge in [-0.2, -0.15) is 0 Å². The van der Waals surface area contributed by atoms with Crippen LogP contribution < -0.4 is 10.5 Å². The van der Waals surface area contributed by atoms with Crippen molar-refractivity contribution in [3.05, 3.63) is 29.3 Å². The lowest BCUT2D eigenvalue weighted by molar-refractivity contribution is 0.559. The van der Waals surface area contributed by atoms with Crippen molar-refractivity contribution in [2.45, 2.75) is 51.0 Å². The van der Waals surface area contributed by atoms with E-state index in [4.69, 9.17) is 5.73 Å². The summed E-state index contributed by atoms with van der Waals surface area (Å²) in [6.07, 6.45) is 0. The summed E-state index contributed by atoms with van der Waals surface area (Å²) in [6, 6.07) is 5.30. The van der Waals surface area contributed by atoms with Crippen LogP contribution >= 0.6 is 0 Å². The van der Waals surface area contributed by atoms with Crippen LogP contribution in [0.1, 0.15) is 38.8 Å². The summed E-state index contributed by atoms with van der Waals surface area (Å²) in [5, 5.41) is 0. The third-order valence-electron chi connectivity index (χ3n) is 3.05. The number of benzene rings is 1. The van der Waals surface area contributed by atoms with Gasteiger partial charge in [0.25, 0.3) is 0 Å². The Bertz CT molecular complexity index is 545. The first-order valence-electron chi connectivity index (χ1n) is 6.41. The van der Waals surface area contributed by atoms with E-state index in [1.54, 1.807) is 19.9 Å². The lowest BCUT2D eigenvalue weighted by Crippen LogP contribution is -2.38. The maximum absolute atomic E-state index is 12.3. The highest BCUT2D eigenvalue weighted by Crippen LogP contribution is 2.26. The Morgan fingerprint density at radius 1 is 1.32 bits per heavy atom. The molecule has 19 heavy (non-hydrogen) atoms. The van der Waals surface area contributed by atoms with Gasteiger partial charge in [0.1, 0.15) is 0 Å². The molecule has 5 heteroatoms. The van der Waals surface area contributed by atoms with Crippen LogP contribution in [0.5, 0.6) is 0 Å². The van der Waals surface area contributed by atoms with E-state index < -0.39 is 10.0 Å². The third kappa shape index (κ3) is 4.03. The molecule has 0 aromatic heterocycles. The van der Waals surface area contributed by atoms with Crippen molar-refractivity contribution < 1.29 is 8.42 Å². The van der Waals surface area contributed by atoms with Crippen LogP contribution in [-0.2, 0) is 15.4 Å². The molecule has 0 spiro atoms. The summed E-state index contributed by atoms with van der Waals surface area (Å²) in [5.41, 5.74) is 7.12. The van der Waals surface area contributed by atoms with E-state index >= 15 is 0 Å². The molecule has 0 saturated carbocycles. The molecule has 0 unspecified atom stereocenters. The second kappa shape index (κ2) is 5.61. The highest BCUT2D eigenvalue weighted by molar-refractivity contribution is 7.89. The molecular formula is C14H24N2O2S. The number of nitrogens with one attached hydrogen (secondary N) is 1. The summed E-state index contributed by atoms with van der Waals surface area (Å²) in [4.78, 5) is 0.334. The van der Waals surface area contributed by atoms with Crippen LogP contribution in [0.4, 0.5) is 0 Å². The first kappa shape index (κ1) is 16.1. The van der Waals surface area contributed by atoms with Crippen LogP contribution in [-0.4, -0.2) is 21.0 Å². The number of aryl methyl sites for hydroxylation is 1. The fourth-order valence-electron chi connectivity index (χ4n) is 1.73. The number of nitrogens with two attached hydrogens (primary N) is 1. The minimum atomic E-state index is -3.52. The van der Waals surface area contributed by atoms with E-state index in [1.165, 1.54) is 0 Å². The maximum atomic E-state index is 12.3. The van der Waals surface area contributed by atoms with Gasteiger partial charge in [0.2, 0.25) is 10.0 Å². The Hall–Kier alpha value is -0.910. The molecule has 0 saturated heterocycles. The van der Waals surface area contributed by atoms with Gasteiger partial charge in [-0.05, 0) is 36.5 Å². The first-order chi connectivity index (χ1) is 8.58. The zero-order valence-electron chi connectivity index (χ0n) is 12.3. The van der Waals surface area contributed by atoms with Gasteiger partial charge in [0, 0.05) is 12.6 Å². The van der Waals surface area contributed by atoms with E-state index in [9.17, 15) is 8.42 Å². The van der Waals surface area contributed by atoms with Crippen LogP contribution in [0.2, 0.25) is 0 Å². The van der Waals surface area contributed by atoms with E-state index in [2.05, 4.69) is 25.5 Å². The van der Waals surface area contributed by atoms with Gasteiger partial charge in [-0.15, -0.1) is 0 Å². The molecule has 0 fully saturated rings. The molecule has 108 valence electrons. The fourth-order valence-corrected chi connectivity index (χ4v) is 3.26. The molecule has 0 aliphatic heterocycles. The maximum Gasteiger partial charge on any atom is 0.241 e. The van der Waals surface area contributed by atoms with Crippen LogP contribution in [0.3, 0.4) is 0 Å². The SMILES string of the molecule is Cc1ccc(C(C)(C)C)cc1S(=O)(=O)N[C@H](C)CN. The van der Waals surface area contributed by atoms with Gasteiger partial charge in [-0.25, -0.2) is 13.1 Å². The summed E-state index contributed by atoms with van der Waals surface area (Å²) in [5.74, 6) is 0. The second-order valence-electron chi connectivity index (χ2n) is 5.99. The molecule has 0 aliphatic rings. The van der Waals surface area contributed by atoms with Crippen LogP contribution in [0, 0.1) is 6.92 Å². The Balaban J connectivity index is 3.26. The highest BCUT2D eigenvalue weighted by atomic mass is 32.2. The number of rotatable bonds is 4. The molecule has 0 aliphatic carbocycles. The largest absolute Gasteiger partial charge is 0.329 e. The zero-order chi connectivity index (χ0) is 14.8. The Kier molecular flexibility index (Phi) is 4.76. The molecule has 0 radical (unpaired) electrons. The van der Waals surface area contributed by atoms with Gasteiger partial charge in [0.05, 0.1) is 4.90 Å². The van der Waals surface area contributed by atoms with E-state index in [0.29, 0.717) is 4.90 Å². The predicted molar refractivity (Wildman–Crippen MR) is 78.7 cm³/mol. The molecule has 0 heterocycles. The van der Waals surface area contributed by atoms with Gasteiger partial charge in [0.15, 0.2) is 0 Å². The Morgan fingerprint density at radius 3 is 2.37 bits per heavy atom. The summed E-state index contributed by atoms with van der Waals surface area (Å²) in [6.45, 7) is 10.0. The first-order valence-corrected chi connectivity index (χ1v) is 7.90. The van der Waals surface area contributed by atoms with E-state index in [-0.39, 0.29) is 18.0 Å². The number of hydrogen-bond donors (Lipinski definition) is 2. The number of sulfonamides is 1. The average molecular weight is 284 g/mol. The van der Waals surface area contributed by atoms with Crippen LogP contribution in [0.15, 0.2) is 23.1 Å². The van der Waals surface area contributed by atoms with Gasteiger partial charge in [-0.1, -0.05) is 32.9 Å². The molecule has 1 atom stereocenters. The minimum Gasteiger partial charge on any atom is -0.329 e. The Morgan fingerprint density at radius 2 is 1.89 bits per heavy atom. The van der Waals surface area contributed by atoms with Crippen molar-refractivity contribution in [1.29, 1.82) is 0 Å². The van der Waals surface area contributed by atoms with Crippen molar-refractivity contribution in [2.75, 3.05) is 6.54 Å². The van der Waals surface area contributed by atoms with Crippen molar-refractivity contribution in [1.82, 2.24) is 4.72 Å². The van der Waals surface area contributed by atoms with E-state index in [1.807, 2.05) is 12.1 Å². The summed E-state index contributed by atoms with van der Waals surface area (Å²) in [7, 11) is -3.52. The molecule has 1 aromatic carbocycles. The zero-order valence-corrected chi connectivity index (χ0v) is 13.1. The summed E-state index contributed by atoms with van der Waals surface area (Å²) >= 11 is 0. The van der Waals surface area contributed by atoms with Crippen molar-refractivity contribution in [3.8, 4) is 0 Å². The predicted octanol–water partition coefficient (Wildman–Crippen LogP) is 1.92. The van der Waals surface area contributed by atoms with Gasteiger partial charge < -0.3 is 5.73 Å². The molecule has 0 amide bonds. The molecule has 4 nitrogen and oxygen atoms in total. The molecule has 3 N–H and O–H groups in total. The van der Waals surface area contributed by atoms with Crippen LogP contribution in [0.25, 0.3) is 0 Å². The standard InChI is InChI=1S/C14H24N2O2S/c1-10-6-7-12(14(3,4)5)8-13(10)19(17,18)16-11(2)9-15/h6-8,11,16H,9,15H2,1-5H3/t11-/m1/s1. The summed E-state index contributed by atoms with van der Waals surface area (Å²) < 4.78 is 27.3. The molecular weight excluding hydrogens is 260 g/mol. The normalized spacial score (nSPS) is 14.4. The molecule has 1 rings (SSSR count). The van der Waals surface area contributed by atoms with Crippen molar-refractivity contribution >= 4 is 10.0 Å². The smallest absolute Gasteiger partial charge is 0.241 e. The monoisotopic (exact) mass is 284 g/mol. The number of hydrogen-bond acceptors (Lipinski definition) is 3. The topological polar surface area (TPSA) is 72.2 Å². The van der Waals surface area contributed by atoms with Gasteiger partial charge in [-0.3, -0.25) is 0 Å². The lowest BCUT2D eigenvalue weighted by Gasteiger charge is -2.21. The quantitative estimate of drug-likeness (QED) is 0.887. The molecule has 0 bridgehead atoms. The lowest BCUT2D eigenvalue weighted by atomic mass is 9.87. The van der Waals surface area contributed by atoms with E-state index in [0.717, 1.165) is 11.1 Å². The second-order valence-corrected chi connectivity index (χ2v) is 7.67. The minimum absolute atomic E-state index is 0.0859. The average Bonchev–Trinajstić information content (AvgIpc) is 2.26.